The zero-order valence-corrected chi connectivity index (χ0v) is 23.1. The Labute approximate surface area is 226 Å². The summed E-state index contributed by atoms with van der Waals surface area (Å²) in [6, 6.07) is 11.5. The van der Waals surface area contributed by atoms with Gasteiger partial charge in [-0.1, -0.05) is 18.2 Å². The number of hydrogen-bond acceptors (Lipinski definition) is 6. The summed E-state index contributed by atoms with van der Waals surface area (Å²) in [6.45, 7) is 4.14. The number of aryl methyl sites for hydroxylation is 1. The van der Waals surface area contributed by atoms with E-state index in [4.69, 9.17) is 0 Å². The fraction of sp³-hybridized carbons (Fsp3) is 0.552. The lowest BCUT2D eigenvalue weighted by atomic mass is 9.87. The monoisotopic (exact) mass is 540 g/mol. The van der Waals surface area contributed by atoms with Crippen molar-refractivity contribution in [1.82, 2.24) is 9.80 Å². The Bertz CT molecular complexity index is 1260. The lowest BCUT2D eigenvalue weighted by Gasteiger charge is -2.38. The van der Waals surface area contributed by atoms with Crippen molar-refractivity contribution in [3.05, 3.63) is 53.1 Å². The van der Waals surface area contributed by atoms with E-state index < -0.39 is 16.0 Å². The van der Waals surface area contributed by atoms with Crippen molar-refractivity contribution >= 4 is 27.4 Å². The van der Waals surface area contributed by atoms with Crippen molar-refractivity contribution in [2.75, 3.05) is 43.3 Å². The predicted molar refractivity (Wildman–Crippen MR) is 151 cm³/mol. The third-order valence-corrected chi connectivity index (χ3v) is 9.96. The topological polar surface area (TPSA) is 102 Å². The largest absolute Gasteiger partial charge is 0.478 e. The summed E-state index contributed by atoms with van der Waals surface area (Å²) in [7, 11) is -1.81. The van der Waals surface area contributed by atoms with E-state index in [1.165, 1.54) is 25.7 Å². The smallest absolute Gasteiger partial charge is 0.338 e. The summed E-state index contributed by atoms with van der Waals surface area (Å²) in [5.74, 6) is -1.10. The highest BCUT2D eigenvalue weighted by molar-refractivity contribution is 7.92. The maximum Gasteiger partial charge on any atom is 0.338 e. The number of piperidine rings is 1. The Morgan fingerprint density at radius 3 is 2.53 bits per heavy atom. The SMILES string of the molecule is CN1CCC(N2CCC[C@H]2CCNc2ccccc2S(=O)(=O)Nc2ccc3c(c2C(=O)O)CCCC3)CC1. The zero-order valence-electron chi connectivity index (χ0n) is 22.3. The number of carbonyl (C=O) groups is 1. The lowest BCUT2D eigenvalue weighted by Crippen LogP contribution is -2.46. The molecule has 2 aromatic rings. The van der Waals surface area contributed by atoms with E-state index >= 15 is 0 Å². The molecule has 2 aliphatic heterocycles. The van der Waals surface area contributed by atoms with Gasteiger partial charge in [0.2, 0.25) is 0 Å². The minimum absolute atomic E-state index is 0.0754. The molecule has 3 N–H and O–H groups in total. The Morgan fingerprint density at radius 1 is 0.974 bits per heavy atom. The van der Waals surface area contributed by atoms with Crippen LogP contribution in [-0.4, -0.2) is 74.6 Å². The fourth-order valence-electron chi connectivity index (χ4n) is 6.55. The molecule has 38 heavy (non-hydrogen) atoms. The molecular weight excluding hydrogens is 500 g/mol. The number of anilines is 2. The van der Waals surface area contributed by atoms with Gasteiger partial charge in [-0.3, -0.25) is 9.62 Å². The molecule has 2 aromatic carbocycles. The highest BCUT2D eigenvalue weighted by Crippen LogP contribution is 2.33. The first kappa shape index (κ1) is 27.0. The summed E-state index contributed by atoms with van der Waals surface area (Å²) in [5, 5.41) is 13.3. The number of hydrogen-bond donors (Lipinski definition) is 3. The van der Waals surface area contributed by atoms with Crippen LogP contribution in [0.1, 0.15) is 66.4 Å². The van der Waals surface area contributed by atoms with Crippen molar-refractivity contribution in [2.45, 2.75) is 74.8 Å². The summed E-state index contributed by atoms with van der Waals surface area (Å²) in [4.78, 5) is 17.4. The van der Waals surface area contributed by atoms with Crippen LogP contribution in [0.4, 0.5) is 11.4 Å². The highest BCUT2D eigenvalue weighted by atomic mass is 32.2. The summed E-state index contributed by atoms with van der Waals surface area (Å²) in [6.07, 6.45) is 9.21. The van der Waals surface area contributed by atoms with E-state index in [0.29, 0.717) is 30.7 Å². The summed E-state index contributed by atoms with van der Waals surface area (Å²) >= 11 is 0. The second-order valence-corrected chi connectivity index (χ2v) is 12.7. The van der Waals surface area contributed by atoms with Gasteiger partial charge in [-0.05, 0) is 114 Å². The number of carboxylic acid groups (broad SMARTS) is 1. The molecule has 2 heterocycles. The molecule has 1 atom stereocenters. The quantitative estimate of drug-likeness (QED) is 0.433. The maximum atomic E-state index is 13.5. The molecule has 2 fully saturated rings. The third-order valence-electron chi connectivity index (χ3n) is 8.54. The van der Waals surface area contributed by atoms with Gasteiger partial charge in [0.25, 0.3) is 10.0 Å². The summed E-state index contributed by atoms with van der Waals surface area (Å²) < 4.78 is 29.6. The molecule has 206 valence electrons. The van der Waals surface area contributed by atoms with Gasteiger partial charge < -0.3 is 15.3 Å². The van der Waals surface area contributed by atoms with Crippen LogP contribution in [0.15, 0.2) is 41.3 Å². The molecule has 1 aliphatic carbocycles. The first-order valence-electron chi connectivity index (χ1n) is 14.0. The third kappa shape index (κ3) is 5.84. The van der Waals surface area contributed by atoms with E-state index in [1.807, 2.05) is 12.1 Å². The van der Waals surface area contributed by atoms with Gasteiger partial charge in [0, 0.05) is 18.6 Å². The average molecular weight is 541 g/mol. The molecule has 8 nitrogen and oxygen atoms in total. The minimum atomic E-state index is -4.00. The molecule has 0 aromatic heterocycles. The molecule has 5 rings (SSSR count). The van der Waals surface area contributed by atoms with Crippen LogP contribution in [0.5, 0.6) is 0 Å². The van der Waals surface area contributed by atoms with Crippen molar-refractivity contribution in [1.29, 1.82) is 0 Å². The fourth-order valence-corrected chi connectivity index (χ4v) is 7.81. The summed E-state index contributed by atoms with van der Waals surface area (Å²) in [5.41, 5.74) is 2.50. The van der Waals surface area contributed by atoms with Crippen LogP contribution in [0, 0.1) is 0 Å². The van der Waals surface area contributed by atoms with E-state index in [0.717, 1.165) is 56.4 Å². The second-order valence-electron chi connectivity index (χ2n) is 11.0. The van der Waals surface area contributed by atoms with Crippen molar-refractivity contribution < 1.29 is 18.3 Å². The first-order chi connectivity index (χ1) is 18.3. The molecule has 2 saturated heterocycles. The maximum absolute atomic E-state index is 13.5. The van der Waals surface area contributed by atoms with Crippen LogP contribution in [0.3, 0.4) is 0 Å². The van der Waals surface area contributed by atoms with E-state index in [1.54, 1.807) is 24.3 Å². The molecule has 0 unspecified atom stereocenters. The van der Waals surface area contributed by atoms with Crippen molar-refractivity contribution in [3.63, 3.8) is 0 Å². The second kappa shape index (κ2) is 11.6. The van der Waals surface area contributed by atoms with Crippen LogP contribution < -0.4 is 10.0 Å². The molecule has 0 radical (unpaired) electrons. The Morgan fingerprint density at radius 2 is 1.74 bits per heavy atom. The number of para-hydroxylation sites is 1. The van der Waals surface area contributed by atoms with Gasteiger partial charge in [-0.25, -0.2) is 13.2 Å². The van der Waals surface area contributed by atoms with E-state index in [2.05, 4.69) is 26.9 Å². The number of nitrogens with one attached hydrogen (secondary N) is 2. The number of benzene rings is 2. The first-order valence-corrected chi connectivity index (χ1v) is 15.5. The highest BCUT2D eigenvalue weighted by Gasteiger charge is 2.32. The average Bonchev–Trinajstić information content (AvgIpc) is 3.37. The van der Waals surface area contributed by atoms with Crippen molar-refractivity contribution in [2.24, 2.45) is 0 Å². The molecule has 0 spiro atoms. The number of nitrogens with zero attached hydrogens (tertiary/aromatic N) is 2. The van der Waals surface area contributed by atoms with Crippen molar-refractivity contribution in [3.8, 4) is 0 Å². The number of aromatic carboxylic acids is 1. The van der Waals surface area contributed by atoms with Crippen LogP contribution in [-0.2, 0) is 22.9 Å². The van der Waals surface area contributed by atoms with E-state index in [-0.39, 0.29) is 16.1 Å². The van der Waals surface area contributed by atoms with Crippen LogP contribution in [0.2, 0.25) is 0 Å². The standard InChI is InChI=1S/C29H40N4O4S/c1-32-19-15-23(16-20-32)33-18-6-8-22(33)14-17-30-25-10-4-5-11-27(25)38(36,37)31-26-13-12-21-7-2-3-9-24(21)28(26)29(34)35/h4-5,10-13,22-23,30-31H,2-3,6-9,14-20H2,1H3,(H,34,35)/t22-/m0/s1. The molecule has 9 heteroatoms. The van der Waals surface area contributed by atoms with Gasteiger partial charge in [0.05, 0.1) is 16.9 Å². The number of likely N-dealkylation sites (tertiary alicyclic amines) is 2. The molecule has 3 aliphatic rings. The normalized spacial score (nSPS) is 21.2. The minimum Gasteiger partial charge on any atom is -0.478 e. The van der Waals surface area contributed by atoms with Gasteiger partial charge >= 0.3 is 5.97 Å². The van der Waals surface area contributed by atoms with Gasteiger partial charge in [-0.2, -0.15) is 0 Å². The Hall–Kier alpha value is -2.62. The van der Waals surface area contributed by atoms with Gasteiger partial charge in [0.1, 0.15) is 4.90 Å². The molecule has 0 bridgehead atoms. The Balaban J connectivity index is 1.28. The van der Waals surface area contributed by atoms with Crippen LogP contribution in [0.25, 0.3) is 0 Å². The number of fused-ring (bicyclic) bond motifs is 1. The van der Waals surface area contributed by atoms with Crippen LogP contribution >= 0.6 is 0 Å². The lowest BCUT2D eigenvalue weighted by molar-refractivity contribution is 0.0696. The number of carboxylic acids is 1. The Kier molecular flexibility index (Phi) is 8.26. The zero-order chi connectivity index (χ0) is 26.7. The van der Waals surface area contributed by atoms with Gasteiger partial charge in [-0.15, -0.1) is 0 Å². The number of sulfonamides is 1. The molecule has 0 amide bonds. The number of rotatable bonds is 9. The molecule has 0 saturated carbocycles. The van der Waals surface area contributed by atoms with Gasteiger partial charge in [0.15, 0.2) is 0 Å². The molecular formula is C29H40N4O4S. The predicted octanol–water partition coefficient (Wildman–Crippen LogP) is 4.43. The van der Waals surface area contributed by atoms with E-state index in [9.17, 15) is 18.3 Å².